The van der Waals surface area contributed by atoms with Gasteiger partial charge in [0.25, 0.3) is 0 Å². The maximum absolute atomic E-state index is 12.6. The minimum absolute atomic E-state index is 0.188. The summed E-state index contributed by atoms with van der Waals surface area (Å²) in [6.45, 7) is 2.69. The number of nitrogens with zero attached hydrogens (tertiary/aromatic N) is 2. The van der Waals surface area contributed by atoms with E-state index in [4.69, 9.17) is 0 Å². The quantitative estimate of drug-likeness (QED) is 0.534. The first-order chi connectivity index (χ1) is 14.2. The van der Waals surface area contributed by atoms with Gasteiger partial charge in [0.2, 0.25) is 0 Å². The van der Waals surface area contributed by atoms with Gasteiger partial charge in [0.1, 0.15) is 5.82 Å². The van der Waals surface area contributed by atoms with Gasteiger partial charge in [-0.05, 0) is 25.1 Å². The molecule has 0 fully saturated rings. The molecule has 0 saturated heterocycles. The zero-order valence-electron chi connectivity index (χ0n) is 15.9. The van der Waals surface area contributed by atoms with Gasteiger partial charge in [-0.15, -0.1) is 0 Å². The van der Waals surface area contributed by atoms with Crippen LogP contribution in [0.2, 0.25) is 0 Å². The van der Waals surface area contributed by atoms with Gasteiger partial charge in [0.05, 0.1) is 16.6 Å². The molecule has 2 amide bonds. The summed E-state index contributed by atoms with van der Waals surface area (Å²) < 4.78 is 1.96. The van der Waals surface area contributed by atoms with Crippen molar-refractivity contribution >= 4 is 28.4 Å². The average Bonchev–Trinajstić information content (AvgIpc) is 2.75. The third-order valence-corrected chi connectivity index (χ3v) is 4.63. The maximum atomic E-state index is 12.6. The number of carbonyl (C=O) groups is 1. The number of fused-ring (bicyclic) bond motifs is 1. The molecule has 4 rings (SSSR count). The van der Waals surface area contributed by atoms with Crippen LogP contribution in [-0.4, -0.2) is 15.6 Å². The molecule has 0 saturated carbocycles. The molecule has 2 heterocycles. The van der Waals surface area contributed by atoms with Gasteiger partial charge >= 0.3 is 6.03 Å². The monoisotopic (exact) mass is 384 g/mol. The summed E-state index contributed by atoms with van der Waals surface area (Å²) in [6.07, 6.45) is 1.76. The second-order valence-corrected chi connectivity index (χ2v) is 6.53. The van der Waals surface area contributed by atoms with Crippen LogP contribution in [0.15, 0.2) is 83.8 Å². The Morgan fingerprint density at radius 1 is 0.966 bits per heavy atom. The van der Waals surface area contributed by atoms with E-state index >= 15 is 0 Å². The van der Waals surface area contributed by atoms with Crippen LogP contribution in [0.1, 0.15) is 6.92 Å². The summed E-state index contributed by atoms with van der Waals surface area (Å²) in [4.78, 5) is 29.8. The van der Waals surface area contributed by atoms with E-state index in [1.54, 1.807) is 18.3 Å². The highest BCUT2D eigenvalue weighted by atomic mass is 16.2. The number of carbonyl (C=O) groups excluding carboxylic acids is 1. The van der Waals surface area contributed by atoms with Gasteiger partial charge in [-0.2, -0.15) is 0 Å². The first-order valence-corrected chi connectivity index (χ1v) is 9.38. The lowest BCUT2D eigenvalue weighted by atomic mass is 10.1. The molecule has 0 spiro atoms. The number of nitrogens with one attached hydrogen (secondary N) is 2. The first-order valence-electron chi connectivity index (χ1n) is 9.38. The van der Waals surface area contributed by atoms with E-state index in [0.717, 1.165) is 11.1 Å². The van der Waals surface area contributed by atoms with Crippen molar-refractivity contribution in [3.8, 4) is 11.3 Å². The Morgan fingerprint density at radius 2 is 1.66 bits per heavy atom. The normalized spacial score (nSPS) is 10.7. The van der Waals surface area contributed by atoms with Crippen molar-refractivity contribution < 1.29 is 4.79 Å². The zero-order valence-corrected chi connectivity index (χ0v) is 15.9. The number of anilines is 2. The summed E-state index contributed by atoms with van der Waals surface area (Å²) in [6, 6.07) is 21.7. The Labute approximate surface area is 167 Å². The van der Waals surface area contributed by atoms with Crippen molar-refractivity contribution in [2.45, 2.75) is 13.5 Å². The lowest BCUT2D eigenvalue weighted by Crippen LogP contribution is -2.22. The lowest BCUT2D eigenvalue weighted by Gasteiger charge is -2.14. The van der Waals surface area contributed by atoms with Gasteiger partial charge in [0, 0.05) is 30.1 Å². The Bertz CT molecular complexity index is 1220. The Balaban J connectivity index is 1.82. The molecule has 0 bridgehead atoms. The molecule has 0 aliphatic rings. The van der Waals surface area contributed by atoms with Crippen molar-refractivity contribution in [3.63, 3.8) is 0 Å². The van der Waals surface area contributed by atoms with E-state index in [1.165, 1.54) is 6.07 Å². The predicted molar refractivity (Wildman–Crippen MR) is 116 cm³/mol. The SMILES string of the molecule is CCn1ccc(=O)c2c(NC(=O)Nc3ccccc3)nc(-c3ccccc3)cc21. The summed E-state index contributed by atoms with van der Waals surface area (Å²) in [5, 5.41) is 5.91. The molecule has 6 nitrogen and oxygen atoms in total. The van der Waals surface area contributed by atoms with Crippen molar-refractivity contribution in [2.24, 2.45) is 0 Å². The predicted octanol–water partition coefficient (Wildman–Crippen LogP) is 4.73. The number of benzene rings is 2. The van der Waals surface area contributed by atoms with Gasteiger partial charge < -0.3 is 9.88 Å². The number of amides is 2. The van der Waals surface area contributed by atoms with Gasteiger partial charge in [0.15, 0.2) is 5.43 Å². The fourth-order valence-corrected chi connectivity index (χ4v) is 3.24. The van der Waals surface area contributed by atoms with Crippen molar-refractivity contribution in [1.29, 1.82) is 0 Å². The fourth-order valence-electron chi connectivity index (χ4n) is 3.24. The Hall–Kier alpha value is -3.93. The summed E-state index contributed by atoms with van der Waals surface area (Å²) >= 11 is 0. The number of hydrogen-bond acceptors (Lipinski definition) is 3. The van der Waals surface area contributed by atoms with E-state index in [9.17, 15) is 9.59 Å². The topological polar surface area (TPSA) is 76.0 Å². The summed E-state index contributed by atoms with van der Waals surface area (Å²) in [7, 11) is 0. The molecular formula is C23H20N4O2. The van der Waals surface area contributed by atoms with E-state index < -0.39 is 6.03 Å². The lowest BCUT2D eigenvalue weighted by molar-refractivity contribution is 0.262. The van der Waals surface area contributed by atoms with Gasteiger partial charge in [-0.3, -0.25) is 10.1 Å². The molecule has 2 aromatic carbocycles. The molecule has 2 N–H and O–H groups in total. The van der Waals surface area contributed by atoms with E-state index in [-0.39, 0.29) is 11.2 Å². The molecule has 0 radical (unpaired) electrons. The van der Waals surface area contributed by atoms with Crippen LogP contribution in [0, 0.1) is 0 Å². The van der Waals surface area contributed by atoms with E-state index in [0.29, 0.717) is 23.3 Å². The first kappa shape index (κ1) is 18.4. The van der Waals surface area contributed by atoms with Crippen LogP contribution in [0.3, 0.4) is 0 Å². The number of aromatic nitrogens is 2. The number of para-hydroxylation sites is 1. The third-order valence-electron chi connectivity index (χ3n) is 4.63. The van der Waals surface area contributed by atoms with Crippen LogP contribution in [0.5, 0.6) is 0 Å². The number of hydrogen-bond donors (Lipinski definition) is 2. The summed E-state index contributed by atoms with van der Waals surface area (Å²) in [5.74, 6) is 0.239. The zero-order chi connectivity index (χ0) is 20.2. The standard InChI is InChI=1S/C23H20N4O2/c1-2-27-14-13-20(28)21-19(27)15-18(16-9-5-3-6-10-16)25-22(21)26-23(29)24-17-11-7-4-8-12-17/h3-15H,2H2,1H3,(H2,24,25,26,29). The minimum atomic E-state index is -0.457. The molecule has 6 heteroatoms. The Morgan fingerprint density at radius 3 is 2.34 bits per heavy atom. The van der Waals surface area contributed by atoms with Crippen LogP contribution in [0.4, 0.5) is 16.3 Å². The molecule has 0 atom stereocenters. The number of aryl methyl sites for hydroxylation is 1. The third kappa shape index (κ3) is 3.87. The van der Waals surface area contributed by atoms with Crippen LogP contribution in [-0.2, 0) is 6.54 Å². The highest BCUT2D eigenvalue weighted by molar-refractivity contribution is 6.05. The second-order valence-electron chi connectivity index (χ2n) is 6.53. The van der Waals surface area contributed by atoms with Gasteiger partial charge in [-0.1, -0.05) is 48.5 Å². The van der Waals surface area contributed by atoms with Crippen LogP contribution in [0.25, 0.3) is 22.2 Å². The molecule has 29 heavy (non-hydrogen) atoms. The van der Waals surface area contributed by atoms with Crippen LogP contribution < -0.4 is 16.1 Å². The molecular weight excluding hydrogens is 364 g/mol. The molecule has 0 aliphatic carbocycles. The number of rotatable bonds is 4. The Kier molecular flexibility index (Phi) is 5.07. The maximum Gasteiger partial charge on any atom is 0.324 e. The van der Waals surface area contributed by atoms with Gasteiger partial charge in [-0.25, -0.2) is 9.78 Å². The molecule has 0 unspecified atom stereocenters. The molecule has 4 aromatic rings. The smallest absolute Gasteiger partial charge is 0.324 e. The van der Waals surface area contributed by atoms with E-state index in [1.807, 2.05) is 66.1 Å². The highest BCUT2D eigenvalue weighted by Crippen LogP contribution is 2.26. The minimum Gasteiger partial charge on any atom is -0.347 e. The fraction of sp³-hybridized carbons (Fsp3) is 0.0870. The molecule has 2 aromatic heterocycles. The molecule has 144 valence electrons. The second kappa shape index (κ2) is 7.98. The largest absolute Gasteiger partial charge is 0.347 e. The van der Waals surface area contributed by atoms with Crippen LogP contribution >= 0.6 is 0 Å². The molecule has 0 aliphatic heterocycles. The van der Waals surface area contributed by atoms with Crippen molar-refractivity contribution in [1.82, 2.24) is 9.55 Å². The van der Waals surface area contributed by atoms with Crippen molar-refractivity contribution in [2.75, 3.05) is 10.6 Å². The summed E-state index contributed by atoms with van der Waals surface area (Å²) in [5.41, 5.74) is 2.77. The van der Waals surface area contributed by atoms with E-state index in [2.05, 4.69) is 15.6 Å². The van der Waals surface area contributed by atoms with Crippen molar-refractivity contribution in [3.05, 3.63) is 89.2 Å². The average molecular weight is 384 g/mol. The number of urea groups is 1. The highest BCUT2D eigenvalue weighted by Gasteiger charge is 2.15. The number of pyridine rings is 2.